The van der Waals surface area contributed by atoms with E-state index in [4.69, 9.17) is 0 Å². The van der Waals surface area contributed by atoms with E-state index in [-0.39, 0.29) is 0 Å². The normalized spacial score (nSPS) is 12.5. The number of benzene rings is 7. The molecule has 0 aliphatic rings. The number of para-hydroxylation sites is 3. The largest absolute Gasteiger partial charge is 0.309 e. The first-order valence-electron chi connectivity index (χ1n) is 17.9. The summed E-state index contributed by atoms with van der Waals surface area (Å²) in [5, 5.41) is 8.77. The van der Waals surface area contributed by atoms with Crippen molar-refractivity contribution >= 4 is 83.1 Å². The Bertz CT molecular complexity index is 3300. The Kier molecular flexibility index (Phi) is 6.03. The summed E-state index contributed by atoms with van der Waals surface area (Å²) in [6, 6.07) is 57.5. The van der Waals surface area contributed by atoms with Gasteiger partial charge in [0.05, 0.1) is 38.6 Å². The Morgan fingerprint density at radius 1 is 0.442 bits per heavy atom. The number of rotatable bonds is 4. The summed E-state index contributed by atoms with van der Waals surface area (Å²) in [5.74, 6) is 0. The van der Waals surface area contributed by atoms with Crippen molar-refractivity contribution in [3.05, 3.63) is 175 Å². The van der Waals surface area contributed by atoms with Gasteiger partial charge in [0.1, 0.15) is 0 Å². The van der Waals surface area contributed by atoms with Crippen LogP contribution < -0.4 is 5.22 Å². The molecular weight excluding hydrogens is 631 g/mol. The smallest absolute Gasteiger partial charge is 0.0617 e. The van der Waals surface area contributed by atoms with Gasteiger partial charge in [-0.2, -0.15) is 0 Å². The van der Waals surface area contributed by atoms with Gasteiger partial charge < -0.3 is 13.5 Å². The van der Waals surface area contributed by atoms with Crippen LogP contribution in [0.5, 0.6) is 0 Å². The van der Waals surface area contributed by atoms with E-state index in [9.17, 15) is 0 Å². The van der Waals surface area contributed by atoms with E-state index in [0.29, 0.717) is 0 Å². The molecule has 0 aliphatic carbocycles. The van der Waals surface area contributed by atoms with E-state index in [1.807, 2.05) is 6.08 Å². The third-order valence-electron chi connectivity index (χ3n) is 11.1. The monoisotopic (exact) mass is 663 g/mol. The van der Waals surface area contributed by atoms with Gasteiger partial charge in [0.15, 0.2) is 0 Å². The molecule has 244 valence electrons. The first kappa shape index (κ1) is 28.9. The Morgan fingerprint density at radius 2 is 1.08 bits per heavy atom. The van der Waals surface area contributed by atoms with Gasteiger partial charge >= 0.3 is 0 Å². The molecule has 0 unspecified atom stereocenters. The van der Waals surface area contributed by atoms with Gasteiger partial charge in [-0.25, -0.2) is 0 Å². The van der Waals surface area contributed by atoms with Crippen LogP contribution in [0.4, 0.5) is 0 Å². The predicted octanol–water partition coefficient (Wildman–Crippen LogP) is 12.3. The molecule has 0 fully saturated rings. The molecule has 0 amide bonds. The predicted molar refractivity (Wildman–Crippen MR) is 222 cm³/mol. The average Bonchev–Trinajstić information content (AvgIpc) is 3.92. The van der Waals surface area contributed by atoms with Crippen LogP contribution in [-0.4, -0.2) is 13.5 Å². The van der Waals surface area contributed by atoms with E-state index >= 15 is 0 Å². The van der Waals surface area contributed by atoms with Gasteiger partial charge in [0, 0.05) is 54.5 Å². The molecule has 0 bridgehead atoms. The molecule has 0 atom stereocenters. The van der Waals surface area contributed by atoms with Crippen molar-refractivity contribution in [3.63, 3.8) is 0 Å². The highest BCUT2D eigenvalue weighted by Gasteiger charge is 2.23. The molecular formula is C49H33N3. The van der Waals surface area contributed by atoms with E-state index in [1.54, 1.807) is 0 Å². The fourth-order valence-corrected chi connectivity index (χ4v) is 8.98. The summed E-state index contributed by atoms with van der Waals surface area (Å²) in [6.07, 6.45) is 4.31. The summed E-state index contributed by atoms with van der Waals surface area (Å²) in [5.41, 5.74) is 14.3. The fraction of sp³-hybridized carbons (Fsp3) is 0.0204. The fourth-order valence-electron chi connectivity index (χ4n) is 8.98. The minimum absolute atomic E-state index is 1.13. The summed E-state index contributed by atoms with van der Waals surface area (Å²) in [7, 11) is 0. The Hall–Kier alpha value is -6.84. The summed E-state index contributed by atoms with van der Waals surface area (Å²) in [6.45, 7) is 6.45. The Labute approximate surface area is 300 Å². The zero-order chi connectivity index (χ0) is 34.5. The lowest BCUT2D eigenvalue weighted by atomic mass is 10.0. The molecule has 0 saturated heterocycles. The second-order valence-corrected chi connectivity index (χ2v) is 13.7. The average molecular weight is 664 g/mol. The summed E-state index contributed by atoms with van der Waals surface area (Å²) in [4.78, 5) is 0. The lowest BCUT2D eigenvalue weighted by Gasteiger charge is -2.12. The van der Waals surface area contributed by atoms with Crippen molar-refractivity contribution in [2.45, 2.75) is 6.92 Å². The van der Waals surface area contributed by atoms with Crippen LogP contribution in [0.1, 0.15) is 12.5 Å². The maximum atomic E-state index is 4.28. The molecule has 11 aromatic rings. The van der Waals surface area contributed by atoms with E-state index in [1.165, 1.54) is 92.8 Å². The molecule has 0 N–H and O–H groups in total. The molecule has 0 radical (unpaired) electrons. The van der Waals surface area contributed by atoms with E-state index in [0.717, 1.165) is 11.4 Å². The third-order valence-corrected chi connectivity index (χ3v) is 11.1. The minimum Gasteiger partial charge on any atom is -0.309 e. The van der Waals surface area contributed by atoms with Crippen LogP contribution in [0.15, 0.2) is 164 Å². The second kappa shape index (κ2) is 10.8. The van der Waals surface area contributed by atoms with Gasteiger partial charge in [0.2, 0.25) is 0 Å². The molecule has 52 heavy (non-hydrogen) atoms. The molecule has 0 aliphatic heterocycles. The minimum atomic E-state index is 1.13. The third kappa shape index (κ3) is 3.80. The van der Waals surface area contributed by atoms with E-state index in [2.05, 4.69) is 191 Å². The van der Waals surface area contributed by atoms with Crippen molar-refractivity contribution < 1.29 is 0 Å². The van der Waals surface area contributed by atoms with Gasteiger partial charge in [-0.05, 0) is 72.6 Å². The van der Waals surface area contributed by atoms with Crippen molar-refractivity contribution in [1.29, 1.82) is 0 Å². The lowest BCUT2D eigenvalue weighted by molar-refractivity contribution is 1.15. The molecule has 11 rings (SSSR count). The second-order valence-electron chi connectivity index (χ2n) is 13.7. The van der Waals surface area contributed by atoms with Crippen molar-refractivity contribution in [2.24, 2.45) is 0 Å². The highest BCUT2D eigenvalue weighted by molar-refractivity contribution is 6.24. The van der Waals surface area contributed by atoms with Gasteiger partial charge in [-0.15, -0.1) is 0 Å². The first-order valence-corrected chi connectivity index (χ1v) is 17.9. The molecule has 7 aromatic carbocycles. The zero-order valence-electron chi connectivity index (χ0n) is 28.7. The molecule has 0 saturated carbocycles. The summed E-state index contributed by atoms with van der Waals surface area (Å²) < 4.78 is 7.34. The molecule has 4 aromatic heterocycles. The molecule has 3 heteroatoms. The SMILES string of the molecule is C=Cc1c2ccccc2n2c1/c(=C\C)c1c3c4ccc(-c5ccccc5)cc4n(-c4ccc5c6ccccc6n(-c6ccccc6)c5c4)c3ccc12. The van der Waals surface area contributed by atoms with Crippen molar-refractivity contribution in [1.82, 2.24) is 13.5 Å². The van der Waals surface area contributed by atoms with Crippen molar-refractivity contribution in [3.8, 4) is 22.5 Å². The number of nitrogens with zero attached hydrogens (tertiary/aromatic N) is 3. The van der Waals surface area contributed by atoms with Gasteiger partial charge in [-0.1, -0.05) is 122 Å². The van der Waals surface area contributed by atoms with Crippen LogP contribution in [0.3, 0.4) is 0 Å². The number of aromatic nitrogens is 3. The standard InChI is InChI=1S/C49H33N3/c1-3-35-37-19-11-14-22-42(37)52-44-28-27-43-48(47(44)36(4-2)49(35)52)40-25-23-32(31-15-7-5-8-16-31)29-45(40)51(43)34-24-26-39-38-20-12-13-21-41(38)50(46(39)30-34)33-17-9-6-10-18-33/h3-30H,1H2,2H3/b36-4-. The zero-order valence-corrected chi connectivity index (χ0v) is 28.7. The highest BCUT2D eigenvalue weighted by Crippen LogP contribution is 2.41. The molecule has 3 nitrogen and oxygen atoms in total. The number of hydrogen-bond donors (Lipinski definition) is 0. The van der Waals surface area contributed by atoms with Crippen molar-refractivity contribution in [2.75, 3.05) is 0 Å². The van der Waals surface area contributed by atoms with Crippen LogP contribution in [0.2, 0.25) is 0 Å². The molecule has 4 heterocycles. The van der Waals surface area contributed by atoms with Gasteiger partial charge in [-0.3, -0.25) is 0 Å². The molecule has 0 spiro atoms. The number of hydrogen-bond acceptors (Lipinski definition) is 0. The maximum Gasteiger partial charge on any atom is 0.0617 e. The van der Waals surface area contributed by atoms with Gasteiger partial charge in [0.25, 0.3) is 0 Å². The Morgan fingerprint density at radius 3 is 1.87 bits per heavy atom. The maximum absolute atomic E-state index is 4.28. The first-order chi connectivity index (χ1) is 25.7. The van der Waals surface area contributed by atoms with Crippen LogP contribution in [0.25, 0.3) is 106 Å². The number of fused-ring (bicyclic) bond motifs is 12. The topological polar surface area (TPSA) is 14.3 Å². The quantitative estimate of drug-likeness (QED) is 0.178. The lowest BCUT2D eigenvalue weighted by Crippen LogP contribution is -1.99. The van der Waals surface area contributed by atoms with E-state index < -0.39 is 0 Å². The van der Waals surface area contributed by atoms with Crippen LogP contribution >= 0.6 is 0 Å². The van der Waals surface area contributed by atoms with Crippen LogP contribution in [0, 0.1) is 0 Å². The summed E-state index contributed by atoms with van der Waals surface area (Å²) >= 11 is 0. The van der Waals surface area contributed by atoms with Crippen LogP contribution in [-0.2, 0) is 0 Å². The Balaban J connectivity index is 1.31. The highest BCUT2D eigenvalue weighted by atomic mass is 15.0.